The van der Waals surface area contributed by atoms with E-state index in [1.165, 1.54) is 10.6 Å². The molecule has 1 atom stereocenters. The first kappa shape index (κ1) is 20.0. The number of methoxy groups -OCH3 is 1. The summed E-state index contributed by atoms with van der Waals surface area (Å²) in [6.07, 6.45) is 1.70. The predicted molar refractivity (Wildman–Crippen MR) is 116 cm³/mol. The topological polar surface area (TPSA) is 59.1 Å². The van der Waals surface area contributed by atoms with Crippen LogP contribution >= 0.6 is 0 Å². The molecule has 1 amide bonds. The summed E-state index contributed by atoms with van der Waals surface area (Å²) in [7, 11) is 1.68. The Morgan fingerprint density at radius 1 is 1.07 bits per heavy atom. The summed E-state index contributed by atoms with van der Waals surface area (Å²) in [6.45, 7) is 4.38. The highest BCUT2D eigenvalue weighted by molar-refractivity contribution is 5.94. The van der Waals surface area contributed by atoms with Crippen LogP contribution in [-0.4, -0.2) is 45.7 Å². The van der Waals surface area contributed by atoms with Gasteiger partial charge in [0.2, 0.25) is 0 Å². The summed E-state index contributed by atoms with van der Waals surface area (Å²) in [5, 5.41) is 3.09. The van der Waals surface area contributed by atoms with Gasteiger partial charge < -0.3 is 24.3 Å². The molecule has 2 aromatic carbocycles. The molecular formula is C24H28N3O3+. The average Bonchev–Trinajstić information content (AvgIpc) is 3.35. The molecular weight excluding hydrogens is 378 g/mol. The number of carbonyl (C=O) groups excluding carboxylic acids is 1. The van der Waals surface area contributed by atoms with Gasteiger partial charge in [-0.05, 0) is 48.5 Å². The van der Waals surface area contributed by atoms with Gasteiger partial charge in [0.05, 0.1) is 46.1 Å². The molecule has 6 nitrogen and oxygen atoms in total. The SMILES string of the molecule is COc1ccc(N2CC[NH+]([C@@H](CNC(=O)c3ccccc3)c3ccco3)CC2)cc1. The van der Waals surface area contributed by atoms with Gasteiger partial charge >= 0.3 is 0 Å². The number of benzene rings is 2. The van der Waals surface area contributed by atoms with Gasteiger partial charge in [0.1, 0.15) is 5.75 Å². The maximum Gasteiger partial charge on any atom is 0.251 e. The van der Waals surface area contributed by atoms with E-state index in [9.17, 15) is 4.79 Å². The largest absolute Gasteiger partial charge is 0.497 e. The van der Waals surface area contributed by atoms with Crippen molar-refractivity contribution < 1.29 is 18.8 Å². The Morgan fingerprint density at radius 3 is 2.43 bits per heavy atom. The number of hydrogen-bond donors (Lipinski definition) is 2. The van der Waals surface area contributed by atoms with Gasteiger partial charge in [-0.25, -0.2) is 0 Å². The smallest absolute Gasteiger partial charge is 0.251 e. The van der Waals surface area contributed by atoms with Crippen LogP contribution in [0.4, 0.5) is 5.69 Å². The second kappa shape index (κ2) is 9.50. The lowest BCUT2D eigenvalue weighted by Gasteiger charge is -2.37. The lowest BCUT2D eigenvalue weighted by molar-refractivity contribution is -0.932. The van der Waals surface area contributed by atoms with E-state index in [-0.39, 0.29) is 11.9 Å². The van der Waals surface area contributed by atoms with Crippen LogP contribution in [0.3, 0.4) is 0 Å². The molecule has 6 heteroatoms. The fourth-order valence-electron chi connectivity index (χ4n) is 4.02. The Kier molecular flexibility index (Phi) is 6.35. The number of rotatable bonds is 7. The molecule has 1 aliphatic heterocycles. The first-order valence-electron chi connectivity index (χ1n) is 10.3. The first-order valence-corrected chi connectivity index (χ1v) is 10.3. The third kappa shape index (κ3) is 4.66. The van der Waals surface area contributed by atoms with Crippen molar-refractivity contribution >= 4 is 11.6 Å². The minimum atomic E-state index is -0.0524. The van der Waals surface area contributed by atoms with Gasteiger partial charge in [0.15, 0.2) is 11.8 Å². The molecule has 0 bridgehead atoms. The molecule has 3 aromatic rings. The maximum absolute atomic E-state index is 12.5. The average molecular weight is 407 g/mol. The number of nitrogens with one attached hydrogen (secondary N) is 2. The molecule has 1 aliphatic rings. The van der Waals surface area contributed by atoms with Crippen LogP contribution in [0, 0.1) is 0 Å². The zero-order valence-electron chi connectivity index (χ0n) is 17.2. The van der Waals surface area contributed by atoms with Crippen LogP contribution in [-0.2, 0) is 0 Å². The van der Waals surface area contributed by atoms with E-state index >= 15 is 0 Å². The van der Waals surface area contributed by atoms with Crippen LogP contribution in [0.2, 0.25) is 0 Å². The van der Waals surface area contributed by atoms with E-state index in [1.807, 2.05) is 54.6 Å². The molecule has 1 saturated heterocycles. The molecule has 0 aliphatic carbocycles. The van der Waals surface area contributed by atoms with E-state index in [1.54, 1.807) is 13.4 Å². The molecule has 0 spiro atoms. The van der Waals surface area contributed by atoms with Crippen molar-refractivity contribution in [1.29, 1.82) is 0 Å². The first-order chi connectivity index (χ1) is 14.7. The lowest BCUT2D eigenvalue weighted by Crippen LogP contribution is -3.15. The third-order valence-electron chi connectivity index (χ3n) is 5.73. The van der Waals surface area contributed by atoms with Crippen molar-refractivity contribution in [3.8, 4) is 5.75 Å². The number of nitrogens with zero attached hydrogens (tertiary/aromatic N) is 1. The van der Waals surface area contributed by atoms with E-state index in [4.69, 9.17) is 9.15 Å². The van der Waals surface area contributed by atoms with Gasteiger partial charge in [-0.1, -0.05) is 18.2 Å². The molecule has 30 heavy (non-hydrogen) atoms. The second-order valence-electron chi connectivity index (χ2n) is 7.49. The van der Waals surface area contributed by atoms with Gasteiger partial charge in [0, 0.05) is 11.3 Å². The number of piperazine rings is 1. The maximum atomic E-state index is 12.5. The Bertz CT molecular complexity index is 918. The molecule has 0 unspecified atom stereocenters. The Morgan fingerprint density at radius 2 is 1.80 bits per heavy atom. The van der Waals surface area contributed by atoms with Crippen LogP contribution in [0.15, 0.2) is 77.4 Å². The van der Waals surface area contributed by atoms with E-state index in [0.717, 1.165) is 37.7 Å². The number of amides is 1. The minimum absolute atomic E-state index is 0.0524. The molecule has 0 saturated carbocycles. The van der Waals surface area contributed by atoms with Crippen LogP contribution in [0.1, 0.15) is 22.2 Å². The van der Waals surface area contributed by atoms with Crippen molar-refractivity contribution in [2.75, 3.05) is 44.7 Å². The summed E-state index contributed by atoms with van der Waals surface area (Å²) in [5.41, 5.74) is 1.89. The van der Waals surface area contributed by atoms with E-state index in [2.05, 4.69) is 22.3 Å². The molecule has 1 fully saturated rings. The molecule has 1 aromatic heterocycles. The lowest BCUT2D eigenvalue weighted by atomic mass is 10.1. The molecule has 0 radical (unpaired) electrons. The van der Waals surface area contributed by atoms with Crippen molar-refractivity contribution in [3.05, 3.63) is 84.3 Å². The summed E-state index contributed by atoms with van der Waals surface area (Å²) in [4.78, 5) is 16.3. The van der Waals surface area contributed by atoms with Gasteiger partial charge in [-0.2, -0.15) is 0 Å². The Labute approximate surface area is 177 Å². The van der Waals surface area contributed by atoms with Crippen molar-refractivity contribution in [2.45, 2.75) is 6.04 Å². The summed E-state index contributed by atoms with van der Waals surface area (Å²) in [6, 6.07) is 21.5. The number of furan rings is 1. The zero-order valence-corrected chi connectivity index (χ0v) is 17.2. The third-order valence-corrected chi connectivity index (χ3v) is 5.73. The van der Waals surface area contributed by atoms with Gasteiger partial charge in [-0.15, -0.1) is 0 Å². The quantitative estimate of drug-likeness (QED) is 0.631. The Hall–Kier alpha value is -3.25. The van der Waals surface area contributed by atoms with E-state index < -0.39 is 0 Å². The van der Waals surface area contributed by atoms with Gasteiger partial charge in [-0.3, -0.25) is 4.79 Å². The molecule has 156 valence electrons. The number of ether oxygens (including phenoxy) is 1. The van der Waals surface area contributed by atoms with Crippen molar-refractivity contribution in [1.82, 2.24) is 5.32 Å². The second-order valence-corrected chi connectivity index (χ2v) is 7.49. The zero-order chi connectivity index (χ0) is 20.8. The van der Waals surface area contributed by atoms with Crippen LogP contribution < -0.4 is 19.9 Å². The van der Waals surface area contributed by atoms with Gasteiger partial charge in [0.25, 0.3) is 5.91 Å². The van der Waals surface area contributed by atoms with E-state index in [0.29, 0.717) is 12.1 Å². The Balaban J connectivity index is 1.39. The number of hydrogen-bond acceptors (Lipinski definition) is 4. The fraction of sp³-hybridized carbons (Fsp3) is 0.292. The van der Waals surface area contributed by atoms with Crippen molar-refractivity contribution in [2.24, 2.45) is 0 Å². The fourth-order valence-corrected chi connectivity index (χ4v) is 4.02. The molecule has 2 heterocycles. The number of anilines is 1. The van der Waals surface area contributed by atoms with Crippen LogP contribution in [0.25, 0.3) is 0 Å². The normalized spacial score (nSPS) is 15.6. The number of carbonyl (C=O) groups is 1. The predicted octanol–water partition coefficient (Wildman–Crippen LogP) is 2.16. The van der Waals surface area contributed by atoms with Crippen LogP contribution in [0.5, 0.6) is 5.75 Å². The highest BCUT2D eigenvalue weighted by Gasteiger charge is 2.31. The monoisotopic (exact) mass is 406 g/mol. The molecule has 2 N–H and O–H groups in total. The summed E-state index contributed by atoms with van der Waals surface area (Å²) >= 11 is 0. The standard InChI is InChI=1S/C24H27N3O3/c1-29-21-11-9-20(10-12-21)26-13-15-27(16-14-26)22(23-8-5-17-30-23)18-25-24(28)19-6-3-2-4-7-19/h2-12,17,22H,13-16,18H2,1H3,(H,25,28)/p+1/t22-/m0/s1. The van der Waals surface area contributed by atoms with Crippen molar-refractivity contribution in [3.63, 3.8) is 0 Å². The number of quaternary nitrogens is 1. The highest BCUT2D eigenvalue weighted by atomic mass is 16.5. The summed E-state index contributed by atoms with van der Waals surface area (Å²) < 4.78 is 11.0. The minimum Gasteiger partial charge on any atom is -0.497 e. The highest BCUT2D eigenvalue weighted by Crippen LogP contribution is 2.19. The summed E-state index contributed by atoms with van der Waals surface area (Å²) in [5.74, 6) is 1.73. The molecule has 4 rings (SSSR count).